The van der Waals surface area contributed by atoms with Gasteiger partial charge in [-0.1, -0.05) is 37.8 Å². The monoisotopic (exact) mass is 448 g/mol. The van der Waals surface area contributed by atoms with Crippen molar-refractivity contribution >= 4 is 17.3 Å². The third-order valence-electron chi connectivity index (χ3n) is 5.23. The number of benzene rings is 2. The van der Waals surface area contributed by atoms with Gasteiger partial charge in [0.25, 0.3) is 0 Å². The van der Waals surface area contributed by atoms with Crippen molar-refractivity contribution in [1.29, 1.82) is 0 Å². The van der Waals surface area contributed by atoms with Crippen molar-refractivity contribution in [3.63, 3.8) is 0 Å². The molecule has 0 saturated heterocycles. The van der Waals surface area contributed by atoms with Crippen LogP contribution in [-0.2, 0) is 17.5 Å². The van der Waals surface area contributed by atoms with Crippen LogP contribution in [0, 0.1) is 32.0 Å². The van der Waals surface area contributed by atoms with Gasteiger partial charge in [-0.3, -0.25) is 4.79 Å². The smallest absolute Gasteiger partial charge is 0.354 e. The minimum atomic E-state index is -4.42. The van der Waals surface area contributed by atoms with Gasteiger partial charge in [0.2, 0.25) is 5.91 Å². The van der Waals surface area contributed by atoms with E-state index in [2.05, 4.69) is 11.2 Å². The lowest BCUT2D eigenvalue weighted by atomic mass is 10.0. The van der Waals surface area contributed by atoms with Crippen molar-refractivity contribution in [2.75, 3.05) is 16.8 Å². The highest BCUT2D eigenvalue weighted by molar-refractivity contribution is 5.92. The Morgan fingerprint density at radius 3 is 2.38 bits per heavy atom. The third kappa shape index (κ3) is 6.49. The summed E-state index contributed by atoms with van der Waals surface area (Å²) in [4.78, 5) is 13.8. The molecule has 0 unspecified atom stereocenters. The predicted octanol–water partition coefficient (Wildman–Crippen LogP) is 6.62. The molecule has 0 saturated carbocycles. The number of nitrogens with one attached hydrogen (secondary N) is 1. The van der Waals surface area contributed by atoms with Crippen LogP contribution >= 0.6 is 0 Å². The van der Waals surface area contributed by atoms with Crippen molar-refractivity contribution in [3.05, 3.63) is 58.4 Å². The van der Waals surface area contributed by atoms with E-state index >= 15 is 4.39 Å². The molecule has 2 aromatic carbocycles. The molecule has 3 nitrogen and oxygen atoms in total. The van der Waals surface area contributed by atoms with Gasteiger partial charge in [0, 0.05) is 24.2 Å². The molecular weight excluding hydrogens is 420 g/mol. The van der Waals surface area contributed by atoms with Crippen LogP contribution in [0.2, 0.25) is 0 Å². The molecule has 2 rings (SSSR count). The van der Waals surface area contributed by atoms with Gasteiger partial charge >= 0.3 is 6.18 Å². The van der Waals surface area contributed by atoms with Crippen LogP contribution in [0.1, 0.15) is 54.9 Å². The maximum absolute atomic E-state index is 15.3. The molecular formula is C25H28F4N2O. The van der Waals surface area contributed by atoms with Crippen molar-refractivity contribution in [2.45, 2.75) is 59.2 Å². The summed E-state index contributed by atoms with van der Waals surface area (Å²) >= 11 is 0. The van der Waals surface area contributed by atoms with E-state index in [-0.39, 0.29) is 24.7 Å². The van der Waals surface area contributed by atoms with Gasteiger partial charge in [-0.15, -0.1) is 6.42 Å². The van der Waals surface area contributed by atoms with E-state index in [1.165, 1.54) is 12.1 Å². The number of hydrogen-bond acceptors (Lipinski definition) is 2. The molecule has 0 fully saturated rings. The Kier molecular flexibility index (Phi) is 8.71. The lowest BCUT2D eigenvalue weighted by Crippen LogP contribution is -2.25. The first-order chi connectivity index (χ1) is 15.1. The Morgan fingerprint density at radius 2 is 1.81 bits per heavy atom. The molecule has 1 amide bonds. The number of carbonyl (C=O) groups excluding carboxylic acids is 1. The lowest BCUT2D eigenvalue weighted by Gasteiger charge is -2.26. The number of anilines is 2. The Bertz CT molecular complexity index is 975. The SMILES string of the molecule is C#CCN(Cc1ccc(C(F)(F)F)cc1)c1cc(C)c(NC(=O)CCCCC)c(C)c1F. The largest absolute Gasteiger partial charge is 0.416 e. The third-order valence-corrected chi connectivity index (χ3v) is 5.23. The molecule has 32 heavy (non-hydrogen) atoms. The maximum atomic E-state index is 15.3. The average Bonchev–Trinajstić information content (AvgIpc) is 2.73. The number of rotatable bonds is 9. The van der Waals surface area contributed by atoms with Gasteiger partial charge in [-0.2, -0.15) is 13.2 Å². The first-order valence-electron chi connectivity index (χ1n) is 10.5. The van der Waals surface area contributed by atoms with Crippen LogP contribution in [0.25, 0.3) is 0 Å². The molecule has 0 aliphatic rings. The number of hydrogen-bond donors (Lipinski definition) is 1. The molecule has 0 heterocycles. The number of halogens is 4. The Balaban J connectivity index is 2.28. The highest BCUT2D eigenvalue weighted by Gasteiger charge is 2.30. The summed E-state index contributed by atoms with van der Waals surface area (Å²) in [5.74, 6) is 1.78. The Hall–Kier alpha value is -3.01. The minimum absolute atomic E-state index is 0.0690. The van der Waals surface area contributed by atoms with E-state index in [9.17, 15) is 18.0 Å². The van der Waals surface area contributed by atoms with Gasteiger partial charge in [0.1, 0.15) is 0 Å². The molecule has 7 heteroatoms. The second-order valence-electron chi connectivity index (χ2n) is 7.79. The summed E-state index contributed by atoms with van der Waals surface area (Å²) in [6.07, 6.45) is 4.12. The van der Waals surface area contributed by atoms with Crippen molar-refractivity contribution in [1.82, 2.24) is 0 Å². The van der Waals surface area contributed by atoms with Crippen LogP contribution in [0.3, 0.4) is 0 Å². The van der Waals surface area contributed by atoms with Crippen molar-refractivity contribution in [3.8, 4) is 12.3 Å². The second kappa shape index (κ2) is 11.0. The number of terminal acetylenes is 1. The fourth-order valence-electron chi connectivity index (χ4n) is 3.45. The van der Waals surface area contributed by atoms with E-state index in [4.69, 9.17) is 6.42 Å². The van der Waals surface area contributed by atoms with E-state index in [1.54, 1.807) is 24.8 Å². The molecule has 0 aliphatic carbocycles. The highest BCUT2D eigenvalue weighted by atomic mass is 19.4. The molecule has 172 valence electrons. The average molecular weight is 449 g/mol. The molecule has 0 atom stereocenters. The van der Waals surface area contributed by atoms with Gasteiger partial charge in [-0.05, 0) is 49.6 Å². The van der Waals surface area contributed by atoms with Crippen LogP contribution in [0.5, 0.6) is 0 Å². The Morgan fingerprint density at radius 1 is 1.16 bits per heavy atom. The standard InChI is InChI=1S/C25H28F4N2O/c1-5-7-8-9-22(32)30-24-17(3)15-21(23(26)18(24)4)31(14-6-2)16-19-10-12-20(13-11-19)25(27,28)29/h2,10-13,15H,5,7-9,14,16H2,1,3-4H3,(H,30,32). The van der Waals surface area contributed by atoms with Gasteiger partial charge in [0.15, 0.2) is 5.82 Å². The zero-order valence-corrected chi connectivity index (χ0v) is 18.6. The minimum Gasteiger partial charge on any atom is -0.354 e. The van der Waals surface area contributed by atoms with E-state index in [1.807, 2.05) is 6.92 Å². The van der Waals surface area contributed by atoms with Crippen molar-refractivity contribution < 1.29 is 22.4 Å². The summed E-state index contributed by atoms with van der Waals surface area (Å²) < 4.78 is 53.7. The summed E-state index contributed by atoms with van der Waals surface area (Å²) in [5.41, 5.74) is 1.46. The molecule has 0 aromatic heterocycles. The van der Waals surface area contributed by atoms with Crippen molar-refractivity contribution in [2.24, 2.45) is 0 Å². The summed E-state index contributed by atoms with van der Waals surface area (Å²) in [5, 5.41) is 2.80. The maximum Gasteiger partial charge on any atom is 0.416 e. The van der Waals surface area contributed by atoms with Gasteiger partial charge in [0.05, 0.1) is 17.8 Å². The number of amides is 1. The zero-order valence-electron chi connectivity index (χ0n) is 18.6. The zero-order chi connectivity index (χ0) is 23.9. The van der Waals surface area contributed by atoms with Crippen LogP contribution in [-0.4, -0.2) is 12.5 Å². The fraction of sp³-hybridized carbons (Fsp3) is 0.400. The summed E-state index contributed by atoms with van der Waals surface area (Å²) in [6.45, 7) is 5.61. The van der Waals surface area contributed by atoms with Crippen LogP contribution in [0.15, 0.2) is 30.3 Å². The Labute approximate surface area is 186 Å². The first-order valence-corrected chi connectivity index (χ1v) is 10.5. The number of nitrogens with zero attached hydrogens (tertiary/aromatic N) is 1. The van der Waals surface area contributed by atoms with E-state index in [0.717, 1.165) is 31.4 Å². The van der Waals surface area contributed by atoms with Gasteiger partial charge in [-0.25, -0.2) is 4.39 Å². The van der Waals surface area contributed by atoms with Crippen LogP contribution < -0.4 is 10.2 Å². The van der Waals surface area contributed by atoms with E-state index < -0.39 is 17.6 Å². The number of unbranched alkanes of at least 4 members (excludes halogenated alkanes) is 2. The molecule has 0 radical (unpaired) electrons. The number of aryl methyl sites for hydroxylation is 1. The fourth-order valence-corrected chi connectivity index (χ4v) is 3.45. The number of alkyl halides is 3. The summed E-state index contributed by atoms with van der Waals surface area (Å²) in [6, 6.07) is 6.30. The molecule has 0 bridgehead atoms. The quantitative estimate of drug-likeness (QED) is 0.266. The second-order valence-corrected chi connectivity index (χ2v) is 7.79. The molecule has 1 N–H and O–H groups in total. The number of carbonyl (C=O) groups is 1. The predicted molar refractivity (Wildman–Crippen MR) is 120 cm³/mol. The highest BCUT2D eigenvalue weighted by Crippen LogP contribution is 2.33. The molecule has 0 spiro atoms. The molecule has 0 aliphatic heterocycles. The summed E-state index contributed by atoms with van der Waals surface area (Å²) in [7, 11) is 0. The van der Waals surface area contributed by atoms with E-state index in [0.29, 0.717) is 28.8 Å². The first kappa shape index (κ1) is 25.3. The van der Waals surface area contributed by atoms with Crippen LogP contribution in [0.4, 0.5) is 28.9 Å². The topological polar surface area (TPSA) is 32.3 Å². The molecule has 2 aromatic rings. The van der Waals surface area contributed by atoms with Gasteiger partial charge < -0.3 is 10.2 Å². The normalized spacial score (nSPS) is 11.2. The lowest BCUT2D eigenvalue weighted by molar-refractivity contribution is -0.137.